The predicted molar refractivity (Wildman–Crippen MR) is 91.4 cm³/mol. The molecule has 0 amide bonds. The van der Waals surface area contributed by atoms with Gasteiger partial charge in [-0.25, -0.2) is 14.0 Å². The standard InChI is InChI=1S/C19H19FO6/c1-11(2)26-19(17(22)23,18(24)25)10-12-6-8-13(9-7-12)14-4-3-5-15(20)16(14)21/h3-9,11,21H,10H2,1-2H3,(H,22,23)(H,24,25). The summed E-state index contributed by atoms with van der Waals surface area (Å²) in [5, 5.41) is 28.6. The summed E-state index contributed by atoms with van der Waals surface area (Å²) in [6.07, 6.45) is -0.989. The zero-order chi connectivity index (χ0) is 19.5. The fraction of sp³-hybridized carbons (Fsp3) is 0.263. The average Bonchev–Trinajstić information content (AvgIpc) is 2.56. The minimum absolute atomic E-state index is 0.276. The number of ether oxygens (including phenoxy) is 1. The van der Waals surface area contributed by atoms with Gasteiger partial charge in [0.25, 0.3) is 5.60 Å². The molecule has 0 unspecified atom stereocenters. The highest BCUT2D eigenvalue weighted by Gasteiger charge is 2.49. The van der Waals surface area contributed by atoms with Gasteiger partial charge in [0.05, 0.1) is 6.10 Å². The Balaban J connectivity index is 2.36. The molecule has 6 nitrogen and oxygen atoms in total. The number of phenols is 1. The van der Waals surface area contributed by atoms with Gasteiger partial charge in [0.1, 0.15) is 0 Å². The summed E-state index contributed by atoms with van der Waals surface area (Å²) in [4.78, 5) is 23.2. The zero-order valence-electron chi connectivity index (χ0n) is 14.3. The maximum Gasteiger partial charge on any atom is 0.348 e. The van der Waals surface area contributed by atoms with Gasteiger partial charge in [-0.15, -0.1) is 0 Å². The molecule has 0 radical (unpaired) electrons. The van der Waals surface area contributed by atoms with Crippen LogP contribution in [0.15, 0.2) is 42.5 Å². The van der Waals surface area contributed by atoms with Gasteiger partial charge >= 0.3 is 11.9 Å². The van der Waals surface area contributed by atoms with Crippen molar-refractivity contribution >= 4 is 11.9 Å². The second-order valence-electron chi connectivity index (χ2n) is 6.11. The molecule has 0 aliphatic heterocycles. The lowest BCUT2D eigenvalue weighted by molar-refractivity contribution is -0.188. The molecule has 0 fully saturated rings. The summed E-state index contributed by atoms with van der Waals surface area (Å²) in [5.74, 6) is -4.43. The number of aromatic hydroxyl groups is 1. The second kappa shape index (κ2) is 7.53. The van der Waals surface area contributed by atoms with Crippen molar-refractivity contribution in [1.82, 2.24) is 0 Å². The van der Waals surface area contributed by atoms with Gasteiger partial charge in [0.15, 0.2) is 11.6 Å². The van der Waals surface area contributed by atoms with Gasteiger partial charge in [-0.3, -0.25) is 0 Å². The molecule has 0 saturated carbocycles. The Labute approximate surface area is 149 Å². The van der Waals surface area contributed by atoms with Crippen LogP contribution in [0.25, 0.3) is 11.1 Å². The molecule has 0 bridgehead atoms. The Morgan fingerprint density at radius 2 is 1.65 bits per heavy atom. The van der Waals surface area contributed by atoms with Crippen molar-refractivity contribution in [3.63, 3.8) is 0 Å². The topological polar surface area (TPSA) is 104 Å². The molecule has 0 atom stereocenters. The van der Waals surface area contributed by atoms with E-state index in [1.165, 1.54) is 24.3 Å². The number of hydrogen-bond donors (Lipinski definition) is 3. The summed E-state index contributed by atoms with van der Waals surface area (Å²) in [6, 6.07) is 10.3. The first-order valence-electron chi connectivity index (χ1n) is 7.89. The zero-order valence-corrected chi connectivity index (χ0v) is 14.3. The maximum atomic E-state index is 13.5. The van der Waals surface area contributed by atoms with E-state index in [1.807, 2.05) is 0 Å². The molecule has 0 saturated heterocycles. The lowest BCUT2D eigenvalue weighted by Crippen LogP contribution is -2.52. The number of halogens is 1. The fourth-order valence-corrected chi connectivity index (χ4v) is 2.63. The minimum Gasteiger partial charge on any atom is -0.504 e. The number of aliphatic carboxylic acids is 2. The molecule has 0 aliphatic rings. The summed E-state index contributed by atoms with van der Waals surface area (Å²) in [7, 11) is 0. The number of carboxylic acids is 2. The van der Waals surface area contributed by atoms with Crippen molar-refractivity contribution in [3.8, 4) is 16.9 Å². The first-order chi connectivity index (χ1) is 12.2. The van der Waals surface area contributed by atoms with E-state index in [2.05, 4.69) is 0 Å². The largest absolute Gasteiger partial charge is 0.504 e. The van der Waals surface area contributed by atoms with Crippen LogP contribution < -0.4 is 0 Å². The van der Waals surface area contributed by atoms with Crippen LogP contribution in [0.2, 0.25) is 0 Å². The molecule has 2 rings (SSSR count). The van der Waals surface area contributed by atoms with Gasteiger partial charge in [-0.05, 0) is 31.0 Å². The van der Waals surface area contributed by atoms with Crippen LogP contribution in [0.5, 0.6) is 5.75 Å². The molecule has 3 N–H and O–H groups in total. The smallest absolute Gasteiger partial charge is 0.348 e. The van der Waals surface area contributed by atoms with E-state index in [4.69, 9.17) is 4.74 Å². The van der Waals surface area contributed by atoms with Crippen LogP contribution in [0, 0.1) is 5.82 Å². The van der Waals surface area contributed by atoms with Crippen LogP contribution in [0.3, 0.4) is 0 Å². The van der Waals surface area contributed by atoms with Gasteiger partial charge in [0.2, 0.25) is 0 Å². The van der Waals surface area contributed by atoms with Crippen molar-refractivity contribution in [1.29, 1.82) is 0 Å². The van der Waals surface area contributed by atoms with Crippen molar-refractivity contribution in [3.05, 3.63) is 53.8 Å². The molecule has 138 valence electrons. The van der Waals surface area contributed by atoms with Crippen molar-refractivity contribution in [2.24, 2.45) is 0 Å². The number of para-hydroxylation sites is 1. The van der Waals surface area contributed by atoms with E-state index < -0.39 is 35.2 Å². The third-order valence-corrected chi connectivity index (χ3v) is 3.83. The molecule has 2 aromatic rings. The predicted octanol–water partition coefficient (Wildman–Crippen LogP) is 3.07. The van der Waals surface area contributed by atoms with E-state index in [1.54, 1.807) is 26.0 Å². The summed E-state index contributed by atoms with van der Waals surface area (Å²) < 4.78 is 18.7. The third kappa shape index (κ3) is 3.83. The second-order valence-corrected chi connectivity index (χ2v) is 6.11. The van der Waals surface area contributed by atoms with Gasteiger partial charge in [-0.2, -0.15) is 0 Å². The van der Waals surface area contributed by atoms with E-state index >= 15 is 0 Å². The highest BCUT2D eigenvalue weighted by atomic mass is 19.1. The summed E-state index contributed by atoms with van der Waals surface area (Å²) in [6.45, 7) is 3.10. The van der Waals surface area contributed by atoms with E-state index in [0.29, 0.717) is 11.1 Å². The van der Waals surface area contributed by atoms with Crippen LogP contribution in [-0.4, -0.2) is 39.0 Å². The highest BCUT2D eigenvalue weighted by molar-refractivity contribution is 6.02. The van der Waals surface area contributed by atoms with Crippen LogP contribution in [0.1, 0.15) is 19.4 Å². The quantitative estimate of drug-likeness (QED) is 0.654. The maximum absolute atomic E-state index is 13.5. The lowest BCUT2D eigenvalue weighted by Gasteiger charge is -2.27. The Morgan fingerprint density at radius 1 is 1.08 bits per heavy atom. The number of hydrogen-bond acceptors (Lipinski definition) is 4. The van der Waals surface area contributed by atoms with Gasteiger partial charge < -0.3 is 20.1 Å². The number of carbonyl (C=O) groups is 2. The van der Waals surface area contributed by atoms with Gasteiger partial charge in [0, 0.05) is 12.0 Å². The monoisotopic (exact) mass is 362 g/mol. The molecule has 7 heteroatoms. The molecule has 0 heterocycles. The van der Waals surface area contributed by atoms with E-state index in [0.717, 1.165) is 6.07 Å². The highest BCUT2D eigenvalue weighted by Crippen LogP contribution is 2.32. The van der Waals surface area contributed by atoms with Crippen molar-refractivity contribution < 1.29 is 34.0 Å². The van der Waals surface area contributed by atoms with Crippen LogP contribution in [0.4, 0.5) is 4.39 Å². The molecule has 26 heavy (non-hydrogen) atoms. The van der Waals surface area contributed by atoms with E-state index in [-0.39, 0.29) is 12.0 Å². The lowest BCUT2D eigenvalue weighted by atomic mass is 9.92. The van der Waals surface area contributed by atoms with E-state index in [9.17, 15) is 29.3 Å². The Bertz CT molecular complexity index is 799. The molecule has 2 aromatic carbocycles. The number of rotatable bonds is 7. The van der Waals surface area contributed by atoms with Crippen molar-refractivity contribution in [2.75, 3.05) is 0 Å². The van der Waals surface area contributed by atoms with Crippen LogP contribution in [-0.2, 0) is 20.7 Å². The number of phenolic OH excluding ortho intramolecular Hbond substituents is 1. The SMILES string of the molecule is CC(C)OC(Cc1ccc(-c2cccc(F)c2O)cc1)(C(=O)O)C(=O)O. The number of carboxylic acid groups (broad SMARTS) is 2. The van der Waals surface area contributed by atoms with Crippen molar-refractivity contribution in [2.45, 2.75) is 32.0 Å². The first-order valence-corrected chi connectivity index (χ1v) is 7.89. The fourth-order valence-electron chi connectivity index (χ4n) is 2.63. The summed E-state index contributed by atoms with van der Waals surface area (Å²) in [5.41, 5.74) is -1.21. The molecule has 0 spiro atoms. The molecule has 0 aliphatic carbocycles. The molecular weight excluding hydrogens is 343 g/mol. The number of benzene rings is 2. The molecular formula is C19H19FO6. The normalized spacial score (nSPS) is 11.5. The third-order valence-electron chi connectivity index (χ3n) is 3.83. The first kappa shape index (κ1) is 19.4. The summed E-state index contributed by atoms with van der Waals surface area (Å²) >= 11 is 0. The Hall–Kier alpha value is -2.93. The van der Waals surface area contributed by atoms with Crippen LogP contribution >= 0.6 is 0 Å². The minimum atomic E-state index is -2.41. The Kier molecular flexibility index (Phi) is 5.62. The molecule has 0 aromatic heterocycles. The average molecular weight is 362 g/mol. The van der Waals surface area contributed by atoms with Gasteiger partial charge in [-0.1, -0.05) is 36.4 Å². The Morgan fingerprint density at radius 3 is 2.15 bits per heavy atom.